The molecule has 158 valence electrons. The average molecular weight is 511 g/mol. The molecule has 2 aromatic rings. The van der Waals surface area contributed by atoms with Crippen molar-refractivity contribution < 1.29 is 14.2 Å². The summed E-state index contributed by atoms with van der Waals surface area (Å²) in [5.41, 5.74) is 2.35. The van der Waals surface area contributed by atoms with Gasteiger partial charge in [-0.05, 0) is 48.7 Å². The molecule has 0 amide bonds. The summed E-state index contributed by atoms with van der Waals surface area (Å²) in [4.78, 5) is 4.69. The van der Waals surface area contributed by atoms with E-state index in [2.05, 4.69) is 29.7 Å². The molecule has 6 nitrogen and oxygen atoms in total. The van der Waals surface area contributed by atoms with E-state index in [1.54, 1.807) is 7.11 Å². The summed E-state index contributed by atoms with van der Waals surface area (Å²) in [5, 5.41) is 6.68. The summed E-state index contributed by atoms with van der Waals surface area (Å²) in [7, 11) is 1.68. The Labute approximate surface area is 190 Å². The van der Waals surface area contributed by atoms with Gasteiger partial charge < -0.3 is 24.8 Å². The predicted octanol–water partition coefficient (Wildman–Crippen LogP) is 3.77. The van der Waals surface area contributed by atoms with Crippen LogP contribution in [-0.4, -0.2) is 39.4 Å². The lowest BCUT2D eigenvalue weighted by molar-refractivity contribution is 0.297. The minimum absolute atomic E-state index is 0. The molecule has 0 atom stereocenters. The Kier molecular flexibility index (Phi) is 9.90. The molecule has 2 aromatic carbocycles. The van der Waals surface area contributed by atoms with E-state index in [9.17, 15) is 0 Å². The molecule has 1 aliphatic rings. The summed E-state index contributed by atoms with van der Waals surface area (Å²) in [6, 6.07) is 14.2. The largest absolute Gasteiger partial charge is 0.497 e. The average Bonchev–Trinajstić information content (AvgIpc) is 2.97. The van der Waals surface area contributed by atoms with Gasteiger partial charge in [0.25, 0.3) is 0 Å². The molecule has 0 fully saturated rings. The van der Waals surface area contributed by atoms with E-state index < -0.39 is 0 Å². The molecule has 3 rings (SSSR count). The number of nitrogens with one attached hydrogen (secondary N) is 2. The van der Waals surface area contributed by atoms with Crippen molar-refractivity contribution >= 4 is 29.9 Å². The molecule has 1 heterocycles. The van der Waals surface area contributed by atoms with Gasteiger partial charge in [0.2, 0.25) is 0 Å². The third-order valence-corrected chi connectivity index (χ3v) is 4.44. The van der Waals surface area contributed by atoms with E-state index in [4.69, 9.17) is 19.2 Å². The number of benzene rings is 2. The first-order valence-electron chi connectivity index (χ1n) is 9.82. The smallest absolute Gasteiger partial charge is 0.191 e. The van der Waals surface area contributed by atoms with Crippen LogP contribution in [0.15, 0.2) is 47.5 Å². The lowest BCUT2D eigenvalue weighted by Gasteiger charge is -2.12. The van der Waals surface area contributed by atoms with Crippen LogP contribution in [0.5, 0.6) is 17.2 Å². The van der Waals surface area contributed by atoms with Crippen molar-refractivity contribution in [2.24, 2.45) is 4.99 Å². The Morgan fingerprint density at radius 2 is 1.72 bits per heavy atom. The maximum Gasteiger partial charge on any atom is 0.191 e. The fourth-order valence-corrected chi connectivity index (χ4v) is 2.94. The number of hydrogen-bond acceptors (Lipinski definition) is 4. The van der Waals surface area contributed by atoms with Crippen molar-refractivity contribution in [3.63, 3.8) is 0 Å². The first-order chi connectivity index (χ1) is 13.8. The van der Waals surface area contributed by atoms with Gasteiger partial charge in [0, 0.05) is 19.5 Å². The van der Waals surface area contributed by atoms with Crippen molar-refractivity contribution in [2.45, 2.75) is 26.3 Å². The minimum Gasteiger partial charge on any atom is -0.497 e. The van der Waals surface area contributed by atoms with Crippen LogP contribution in [0.3, 0.4) is 0 Å². The Bertz CT molecular complexity index is 781. The molecule has 2 N–H and O–H groups in total. The monoisotopic (exact) mass is 511 g/mol. The second-order valence-corrected chi connectivity index (χ2v) is 6.55. The molecule has 29 heavy (non-hydrogen) atoms. The quantitative estimate of drug-likeness (QED) is 0.337. The molecule has 0 aromatic heterocycles. The van der Waals surface area contributed by atoms with E-state index in [0.717, 1.165) is 54.7 Å². The van der Waals surface area contributed by atoms with Crippen molar-refractivity contribution in [3.8, 4) is 17.2 Å². The molecule has 0 unspecified atom stereocenters. The Morgan fingerprint density at radius 3 is 2.45 bits per heavy atom. The number of hydrogen-bond donors (Lipinski definition) is 2. The van der Waals surface area contributed by atoms with E-state index >= 15 is 0 Å². The van der Waals surface area contributed by atoms with Gasteiger partial charge in [-0.2, -0.15) is 0 Å². The number of ether oxygens (including phenoxy) is 3. The Hall–Kier alpha value is -2.16. The predicted molar refractivity (Wildman–Crippen MR) is 127 cm³/mol. The fraction of sp³-hybridized carbons (Fsp3) is 0.409. The normalized spacial score (nSPS) is 13.1. The molecular formula is C22H30IN3O3. The van der Waals surface area contributed by atoms with Crippen LogP contribution in [0.1, 0.15) is 24.5 Å². The molecule has 0 saturated heterocycles. The number of halogens is 1. The zero-order chi connectivity index (χ0) is 19.6. The van der Waals surface area contributed by atoms with Gasteiger partial charge in [-0.25, -0.2) is 4.99 Å². The second kappa shape index (κ2) is 12.4. The Balaban J connectivity index is 0.00000300. The summed E-state index contributed by atoms with van der Waals surface area (Å²) in [6.07, 6.45) is 1.82. The summed E-state index contributed by atoms with van der Waals surface area (Å²) >= 11 is 0. The minimum atomic E-state index is 0. The summed E-state index contributed by atoms with van der Waals surface area (Å²) in [5.74, 6) is 3.31. The zero-order valence-corrected chi connectivity index (χ0v) is 19.4. The number of fused-ring (bicyclic) bond motifs is 1. The number of methoxy groups -OCH3 is 1. The van der Waals surface area contributed by atoms with Gasteiger partial charge in [0.15, 0.2) is 17.5 Å². The highest BCUT2D eigenvalue weighted by Gasteiger charge is 2.10. The van der Waals surface area contributed by atoms with E-state index in [-0.39, 0.29) is 24.0 Å². The van der Waals surface area contributed by atoms with E-state index in [1.165, 1.54) is 5.56 Å². The van der Waals surface area contributed by atoms with Crippen molar-refractivity contribution in [2.75, 3.05) is 33.4 Å². The van der Waals surface area contributed by atoms with Gasteiger partial charge in [0.1, 0.15) is 5.75 Å². The highest BCUT2D eigenvalue weighted by Crippen LogP contribution is 2.30. The van der Waals surface area contributed by atoms with E-state index in [0.29, 0.717) is 19.8 Å². The van der Waals surface area contributed by atoms with Crippen LogP contribution < -0.4 is 24.8 Å². The van der Waals surface area contributed by atoms with Crippen molar-refractivity contribution in [3.05, 3.63) is 53.6 Å². The molecule has 0 spiro atoms. The number of nitrogens with zero attached hydrogens (tertiary/aromatic N) is 1. The number of aliphatic imine (C=N–C) groups is 1. The van der Waals surface area contributed by atoms with Crippen LogP contribution in [0, 0.1) is 0 Å². The standard InChI is InChI=1S/C22H29N3O3.HI/c1-3-23-22(24-12-11-17-5-8-19(26-2)9-6-17)25-16-18-7-10-20-21(15-18)28-14-4-13-27-20;/h5-10,15H,3-4,11-14,16H2,1-2H3,(H2,23,24,25);1H. The summed E-state index contributed by atoms with van der Waals surface area (Å²) in [6.45, 7) is 5.65. The highest BCUT2D eigenvalue weighted by atomic mass is 127. The van der Waals surface area contributed by atoms with Crippen LogP contribution in [0.25, 0.3) is 0 Å². The third-order valence-electron chi connectivity index (χ3n) is 4.44. The molecule has 0 saturated carbocycles. The molecule has 0 radical (unpaired) electrons. The maximum absolute atomic E-state index is 5.76. The second-order valence-electron chi connectivity index (χ2n) is 6.55. The number of guanidine groups is 1. The lowest BCUT2D eigenvalue weighted by atomic mass is 10.1. The summed E-state index contributed by atoms with van der Waals surface area (Å²) < 4.78 is 16.6. The maximum atomic E-state index is 5.76. The van der Waals surface area contributed by atoms with Gasteiger partial charge >= 0.3 is 0 Å². The van der Waals surface area contributed by atoms with E-state index in [1.807, 2.05) is 30.3 Å². The van der Waals surface area contributed by atoms with Crippen LogP contribution in [0.4, 0.5) is 0 Å². The lowest BCUT2D eigenvalue weighted by Crippen LogP contribution is -2.38. The van der Waals surface area contributed by atoms with Crippen LogP contribution in [-0.2, 0) is 13.0 Å². The molecule has 7 heteroatoms. The number of rotatable bonds is 7. The van der Waals surface area contributed by atoms with Gasteiger partial charge in [-0.1, -0.05) is 18.2 Å². The van der Waals surface area contributed by atoms with Gasteiger partial charge in [-0.3, -0.25) is 0 Å². The molecule has 0 bridgehead atoms. The molecule has 1 aliphatic heterocycles. The fourth-order valence-electron chi connectivity index (χ4n) is 2.94. The first-order valence-corrected chi connectivity index (χ1v) is 9.82. The third kappa shape index (κ3) is 7.30. The molecule has 0 aliphatic carbocycles. The zero-order valence-electron chi connectivity index (χ0n) is 17.1. The van der Waals surface area contributed by atoms with Crippen molar-refractivity contribution in [1.82, 2.24) is 10.6 Å². The topological polar surface area (TPSA) is 64.1 Å². The van der Waals surface area contributed by atoms with Gasteiger partial charge in [0.05, 0.1) is 26.9 Å². The van der Waals surface area contributed by atoms with Crippen molar-refractivity contribution in [1.29, 1.82) is 0 Å². The van der Waals surface area contributed by atoms with Crippen LogP contribution in [0.2, 0.25) is 0 Å². The van der Waals surface area contributed by atoms with Gasteiger partial charge in [-0.15, -0.1) is 24.0 Å². The molecular weight excluding hydrogens is 481 g/mol. The van der Waals surface area contributed by atoms with Crippen LogP contribution >= 0.6 is 24.0 Å². The first kappa shape index (κ1) is 23.1. The highest BCUT2D eigenvalue weighted by molar-refractivity contribution is 14.0. The Morgan fingerprint density at radius 1 is 1.00 bits per heavy atom. The SMILES string of the molecule is CCNC(=NCc1ccc2c(c1)OCCCO2)NCCc1ccc(OC)cc1.I.